The van der Waals surface area contributed by atoms with Crippen LogP contribution < -0.4 is 10.1 Å². The molecular weight excluding hydrogens is 318 g/mol. The van der Waals surface area contributed by atoms with Crippen molar-refractivity contribution in [1.29, 1.82) is 0 Å². The second-order valence-electron chi connectivity index (χ2n) is 4.78. The third kappa shape index (κ3) is 3.25. The molecule has 0 aliphatic rings. The molecule has 0 aliphatic carbocycles. The molecule has 3 nitrogen and oxygen atoms in total. The Kier molecular flexibility index (Phi) is 4.55. The molecule has 0 saturated heterocycles. The van der Waals surface area contributed by atoms with Crippen LogP contribution in [0.15, 0.2) is 40.9 Å². The first-order valence-corrected chi connectivity index (χ1v) is 7.20. The summed E-state index contributed by atoms with van der Waals surface area (Å²) in [6.07, 6.45) is 0. The largest absolute Gasteiger partial charge is 0.504 e. The predicted molar refractivity (Wildman–Crippen MR) is 85.6 cm³/mol. The smallest absolute Gasteiger partial charge is 0.160 e. The van der Waals surface area contributed by atoms with Gasteiger partial charge in [0, 0.05) is 16.2 Å². The minimum Gasteiger partial charge on any atom is -0.504 e. The average molecular weight is 336 g/mol. The van der Waals surface area contributed by atoms with Gasteiger partial charge in [0.2, 0.25) is 0 Å². The maximum Gasteiger partial charge on any atom is 0.160 e. The van der Waals surface area contributed by atoms with Crippen LogP contribution in [0.1, 0.15) is 24.1 Å². The molecule has 0 bridgehead atoms. The zero-order valence-corrected chi connectivity index (χ0v) is 13.4. The van der Waals surface area contributed by atoms with Gasteiger partial charge in [-0.05, 0) is 65.2 Å². The summed E-state index contributed by atoms with van der Waals surface area (Å²) >= 11 is 3.54. The van der Waals surface area contributed by atoms with Crippen LogP contribution in [0.3, 0.4) is 0 Å². The van der Waals surface area contributed by atoms with Gasteiger partial charge >= 0.3 is 0 Å². The van der Waals surface area contributed by atoms with Crippen molar-refractivity contribution in [3.8, 4) is 11.5 Å². The Morgan fingerprint density at radius 3 is 2.65 bits per heavy atom. The molecule has 106 valence electrons. The fourth-order valence-electron chi connectivity index (χ4n) is 2.03. The molecule has 0 spiro atoms. The Hall–Kier alpha value is -1.68. The maximum atomic E-state index is 9.63. The summed E-state index contributed by atoms with van der Waals surface area (Å²) in [6, 6.07) is 11.7. The maximum absolute atomic E-state index is 9.63. The Morgan fingerprint density at radius 1 is 1.20 bits per heavy atom. The van der Waals surface area contributed by atoms with E-state index in [4.69, 9.17) is 4.74 Å². The van der Waals surface area contributed by atoms with Gasteiger partial charge in [-0.1, -0.05) is 12.1 Å². The third-order valence-corrected chi connectivity index (χ3v) is 3.89. The van der Waals surface area contributed by atoms with Crippen molar-refractivity contribution >= 4 is 21.6 Å². The van der Waals surface area contributed by atoms with Gasteiger partial charge in [0.15, 0.2) is 11.5 Å². The van der Waals surface area contributed by atoms with Crippen LogP contribution in [0.5, 0.6) is 11.5 Å². The number of hydrogen-bond donors (Lipinski definition) is 2. The molecular formula is C16H18BrNO2. The van der Waals surface area contributed by atoms with E-state index in [-0.39, 0.29) is 11.8 Å². The van der Waals surface area contributed by atoms with Gasteiger partial charge in [0.05, 0.1) is 7.11 Å². The number of hydrogen-bond acceptors (Lipinski definition) is 3. The fraction of sp³-hybridized carbons (Fsp3) is 0.250. The van der Waals surface area contributed by atoms with E-state index in [2.05, 4.69) is 47.2 Å². The summed E-state index contributed by atoms with van der Waals surface area (Å²) in [6.45, 7) is 4.13. The number of anilines is 1. The van der Waals surface area contributed by atoms with Crippen LogP contribution in [0.4, 0.5) is 5.69 Å². The lowest BCUT2D eigenvalue weighted by atomic mass is 10.1. The van der Waals surface area contributed by atoms with Crippen LogP contribution in [-0.4, -0.2) is 12.2 Å². The summed E-state index contributed by atoms with van der Waals surface area (Å²) in [5.41, 5.74) is 3.30. The van der Waals surface area contributed by atoms with Crippen molar-refractivity contribution in [2.24, 2.45) is 0 Å². The topological polar surface area (TPSA) is 41.5 Å². The molecule has 0 aliphatic heterocycles. The molecule has 1 atom stereocenters. The zero-order valence-electron chi connectivity index (χ0n) is 11.8. The summed E-state index contributed by atoms with van der Waals surface area (Å²) in [4.78, 5) is 0. The molecule has 2 aromatic rings. The van der Waals surface area contributed by atoms with Crippen molar-refractivity contribution in [1.82, 2.24) is 0 Å². The Labute approximate surface area is 127 Å². The summed E-state index contributed by atoms with van der Waals surface area (Å²) < 4.78 is 6.17. The number of rotatable bonds is 4. The average Bonchev–Trinajstić information content (AvgIpc) is 2.43. The number of aromatic hydroxyl groups is 1. The van der Waals surface area contributed by atoms with Crippen LogP contribution in [0, 0.1) is 6.92 Å². The predicted octanol–water partition coefficient (Wildman–Crippen LogP) is 4.64. The summed E-state index contributed by atoms with van der Waals surface area (Å²) in [5, 5.41) is 13.1. The molecule has 2 aromatic carbocycles. The van der Waals surface area contributed by atoms with Crippen LogP contribution in [0.25, 0.3) is 0 Å². The van der Waals surface area contributed by atoms with E-state index < -0.39 is 0 Å². The van der Waals surface area contributed by atoms with Crippen molar-refractivity contribution in [3.63, 3.8) is 0 Å². The zero-order chi connectivity index (χ0) is 14.7. The van der Waals surface area contributed by atoms with Gasteiger partial charge in [-0.15, -0.1) is 0 Å². The minimum atomic E-state index is 0.0996. The van der Waals surface area contributed by atoms with Gasteiger partial charge in [0.1, 0.15) is 0 Å². The molecule has 20 heavy (non-hydrogen) atoms. The van der Waals surface area contributed by atoms with Crippen molar-refractivity contribution < 1.29 is 9.84 Å². The second kappa shape index (κ2) is 6.18. The van der Waals surface area contributed by atoms with E-state index in [0.717, 1.165) is 15.7 Å². The Bertz CT molecular complexity index is 613. The van der Waals surface area contributed by atoms with E-state index in [9.17, 15) is 5.11 Å². The SMILES string of the molecule is COc1cc(C(C)Nc2cc(C)ccc2Br)ccc1O. The standard InChI is InChI=1S/C16H18BrNO2/c1-10-4-6-13(17)14(8-10)18-11(2)12-5-7-15(19)16(9-12)20-3/h4-9,11,18-19H,1-3H3. The highest BCUT2D eigenvalue weighted by atomic mass is 79.9. The molecule has 0 aromatic heterocycles. The quantitative estimate of drug-likeness (QED) is 0.854. The lowest BCUT2D eigenvalue weighted by Gasteiger charge is -2.18. The number of halogens is 1. The first-order chi connectivity index (χ1) is 9.51. The molecule has 0 amide bonds. The lowest BCUT2D eigenvalue weighted by molar-refractivity contribution is 0.373. The van der Waals surface area contributed by atoms with Crippen LogP contribution in [-0.2, 0) is 0 Å². The molecule has 1 unspecified atom stereocenters. The van der Waals surface area contributed by atoms with Crippen molar-refractivity contribution in [2.75, 3.05) is 12.4 Å². The lowest BCUT2D eigenvalue weighted by Crippen LogP contribution is -2.07. The van der Waals surface area contributed by atoms with E-state index in [1.807, 2.05) is 18.2 Å². The molecule has 4 heteroatoms. The Morgan fingerprint density at radius 2 is 1.95 bits per heavy atom. The highest BCUT2D eigenvalue weighted by molar-refractivity contribution is 9.10. The minimum absolute atomic E-state index is 0.0996. The number of ether oxygens (including phenoxy) is 1. The van der Waals surface area contributed by atoms with Crippen LogP contribution in [0.2, 0.25) is 0 Å². The van der Waals surface area contributed by atoms with Gasteiger partial charge in [-0.2, -0.15) is 0 Å². The van der Waals surface area contributed by atoms with E-state index >= 15 is 0 Å². The van der Waals surface area contributed by atoms with Crippen LogP contribution >= 0.6 is 15.9 Å². The molecule has 0 fully saturated rings. The summed E-state index contributed by atoms with van der Waals surface area (Å²) in [5.74, 6) is 0.639. The number of nitrogens with one attached hydrogen (secondary N) is 1. The highest BCUT2D eigenvalue weighted by Gasteiger charge is 2.10. The first kappa shape index (κ1) is 14.7. The second-order valence-corrected chi connectivity index (χ2v) is 5.63. The number of methoxy groups -OCH3 is 1. The monoisotopic (exact) mass is 335 g/mol. The number of aryl methyl sites for hydroxylation is 1. The summed E-state index contributed by atoms with van der Waals surface area (Å²) in [7, 11) is 1.55. The van der Waals surface area contributed by atoms with E-state index in [1.54, 1.807) is 13.2 Å². The number of phenols is 1. The first-order valence-electron chi connectivity index (χ1n) is 6.41. The molecule has 0 radical (unpaired) electrons. The van der Waals surface area contributed by atoms with Crippen molar-refractivity contribution in [2.45, 2.75) is 19.9 Å². The molecule has 0 heterocycles. The van der Waals surface area contributed by atoms with Crippen molar-refractivity contribution in [3.05, 3.63) is 52.0 Å². The Balaban J connectivity index is 2.23. The van der Waals surface area contributed by atoms with Gasteiger partial charge in [0.25, 0.3) is 0 Å². The molecule has 0 saturated carbocycles. The van der Waals surface area contributed by atoms with E-state index in [1.165, 1.54) is 5.56 Å². The fourth-order valence-corrected chi connectivity index (χ4v) is 2.39. The van der Waals surface area contributed by atoms with Gasteiger partial charge < -0.3 is 15.2 Å². The normalized spacial score (nSPS) is 12.0. The van der Waals surface area contributed by atoms with E-state index in [0.29, 0.717) is 5.75 Å². The molecule has 2 rings (SSSR count). The number of phenolic OH excluding ortho intramolecular Hbond substituents is 1. The molecule has 2 N–H and O–H groups in total. The van der Waals surface area contributed by atoms with Gasteiger partial charge in [-0.3, -0.25) is 0 Å². The number of benzene rings is 2. The highest BCUT2D eigenvalue weighted by Crippen LogP contribution is 2.32. The third-order valence-electron chi connectivity index (χ3n) is 3.20. The van der Waals surface area contributed by atoms with Gasteiger partial charge in [-0.25, -0.2) is 0 Å².